The molecule has 0 aliphatic rings. The Morgan fingerprint density at radius 2 is 0.652 bits per heavy atom. The topological polar surface area (TPSA) is 40.6 Å². The Kier molecular flexibility index (Phi) is 6.50. The number of aromatic nitrogens is 5. The highest BCUT2D eigenvalue weighted by atomic mass is 15.1. The molecule has 0 aliphatic carbocycles. The van der Waals surface area contributed by atoms with E-state index in [0.717, 1.165) is 16.7 Å². The third-order valence-corrected chi connectivity index (χ3v) is 13.0. The van der Waals surface area contributed by atoms with Gasteiger partial charge in [0, 0.05) is 49.0 Å². The molecular weight excluding hydrogens is 839 g/mol. The van der Waals surface area contributed by atoms with Crippen molar-refractivity contribution in [2.24, 2.45) is 0 Å². The van der Waals surface area contributed by atoms with Gasteiger partial charge >= 0.3 is 0 Å². The summed E-state index contributed by atoms with van der Waals surface area (Å²) in [6, 6.07) is 50.7. The summed E-state index contributed by atoms with van der Waals surface area (Å²) in [6.45, 7) is 0. The quantitative estimate of drug-likeness (QED) is 0.160. The van der Waals surface area contributed by atoms with Crippen molar-refractivity contribution in [3.8, 4) is 62.1 Å². The summed E-state index contributed by atoms with van der Waals surface area (Å²) in [6.07, 6.45) is 0. The molecule has 0 fully saturated rings. The monoisotopic (exact) mass is 891 g/mol. The fraction of sp³-hybridized carbons (Fsp3) is 0. The van der Waals surface area contributed by atoms with Crippen LogP contribution in [-0.2, 0) is 0 Å². The third kappa shape index (κ3) is 6.18. The molecule has 0 saturated carbocycles. The van der Waals surface area contributed by atoms with Crippen LogP contribution in [0.4, 0.5) is 0 Å². The molecular formula is C64H41N5. The van der Waals surface area contributed by atoms with Crippen LogP contribution in [-0.4, -0.2) is 23.7 Å². The van der Waals surface area contributed by atoms with E-state index >= 15 is 0 Å². The third-order valence-electron chi connectivity index (χ3n) is 13.0. The first-order chi connectivity index (χ1) is 39.1. The Hall–Kier alpha value is -9.32. The SMILES string of the molecule is [2H]c1cc([2H])c2c(c1)c1cc([2H])cc([2H])c1n2-c1cc(-c2cc(-c3cccc(-c4ccccc4)c3)nc(-c3ccccc3)n2)cc(-n2c3c([2H])cc([2H])cc3c3cc([2H])cc([2H])c32)c1-n1c2c([2H])cc([2H])cc2c2cc([2H])cc([2H])c21. The lowest BCUT2D eigenvalue weighted by atomic mass is 10.00. The molecule has 0 bridgehead atoms. The van der Waals surface area contributed by atoms with Crippen molar-refractivity contribution in [2.45, 2.75) is 0 Å². The van der Waals surface area contributed by atoms with Crippen molar-refractivity contribution in [1.82, 2.24) is 23.7 Å². The molecule has 0 aliphatic heterocycles. The molecule has 14 aromatic rings. The van der Waals surface area contributed by atoms with Crippen LogP contribution < -0.4 is 0 Å². The van der Waals surface area contributed by atoms with Gasteiger partial charge in [-0.3, -0.25) is 0 Å². The van der Waals surface area contributed by atoms with Crippen LogP contribution in [0.25, 0.3) is 128 Å². The van der Waals surface area contributed by atoms with Crippen LogP contribution in [0.3, 0.4) is 0 Å². The van der Waals surface area contributed by atoms with Crippen LogP contribution in [0.5, 0.6) is 0 Å². The van der Waals surface area contributed by atoms with Gasteiger partial charge in [-0.2, -0.15) is 0 Å². The summed E-state index contributed by atoms with van der Waals surface area (Å²) in [5.41, 5.74) is 7.10. The van der Waals surface area contributed by atoms with E-state index in [0.29, 0.717) is 60.7 Å². The maximum atomic E-state index is 9.77. The second kappa shape index (κ2) is 15.7. The highest BCUT2D eigenvalue weighted by Gasteiger charge is 2.27. The van der Waals surface area contributed by atoms with Crippen LogP contribution in [0, 0.1) is 0 Å². The van der Waals surface area contributed by atoms with Crippen molar-refractivity contribution in [1.29, 1.82) is 0 Å². The fourth-order valence-corrected chi connectivity index (χ4v) is 9.94. The molecule has 0 radical (unpaired) electrons. The Balaban J connectivity index is 1.25. The fourth-order valence-electron chi connectivity index (χ4n) is 9.94. The number of nitrogens with zero attached hydrogens (tertiary/aromatic N) is 5. The van der Waals surface area contributed by atoms with Gasteiger partial charge in [0.2, 0.25) is 0 Å². The molecule has 4 aromatic heterocycles. The van der Waals surface area contributed by atoms with Gasteiger partial charge in [-0.1, -0.05) is 188 Å². The zero-order chi connectivity index (χ0) is 55.9. The highest BCUT2D eigenvalue weighted by molar-refractivity contribution is 6.14. The van der Waals surface area contributed by atoms with Gasteiger partial charge in [0.25, 0.3) is 0 Å². The van der Waals surface area contributed by atoms with E-state index in [2.05, 4.69) is 6.07 Å². The number of benzene rings is 10. The molecule has 10 aromatic carbocycles. The zero-order valence-electron chi connectivity index (χ0n) is 48.5. The largest absolute Gasteiger partial charge is 0.307 e. The molecule has 69 heavy (non-hydrogen) atoms. The smallest absolute Gasteiger partial charge is 0.160 e. The highest BCUT2D eigenvalue weighted by Crippen LogP contribution is 2.45. The number of para-hydroxylation sites is 6. The van der Waals surface area contributed by atoms with Crippen LogP contribution in [0.1, 0.15) is 16.4 Å². The molecule has 4 heterocycles. The number of hydrogen-bond donors (Lipinski definition) is 0. The normalized spacial score (nSPS) is 14.2. The minimum atomic E-state index is -0.101. The number of rotatable bonds is 7. The van der Waals surface area contributed by atoms with Crippen molar-refractivity contribution < 1.29 is 16.4 Å². The van der Waals surface area contributed by atoms with Gasteiger partial charge in [0.1, 0.15) is 0 Å². The maximum Gasteiger partial charge on any atom is 0.160 e. The standard InChI is InChI=1S/C64H41N5/c1-3-20-42(21-4-1)44-24-19-25-45(38-44)53-41-54(66-64(65-53)43-22-5-2-6-23-43)46-39-61(67-55-32-13-7-26-47(55)48-27-8-14-33-56(48)67)63(69-59-36-17-11-30-51(59)52-31-12-18-37-60(52)69)62(40-46)68-57-34-15-9-28-49(57)50-29-10-16-35-58(50)68/h1-41H/i7D,8D,9D,10D,11D,12D,32D,33D,34D,35D,36D,37D. The van der Waals surface area contributed by atoms with Gasteiger partial charge in [0.05, 0.1) is 78.0 Å². The molecule has 5 nitrogen and oxygen atoms in total. The molecule has 0 unspecified atom stereocenters. The molecule has 322 valence electrons. The van der Waals surface area contributed by atoms with E-state index in [9.17, 15) is 8.22 Å². The first-order valence-corrected chi connectivity index (χ1v) is 22.5. The average Bonchev–Trinajstić information content (AvgIpc) is 3.54. The summed E-state index contributed by atoms with van der Waals surface area (Å²) in [5, 5.41) is 2.41. The van der Waals surface area contributed by atoms with E-state index in [-0.39, 0.29) is 123 Å². The molecule has 0 spiro atoms. The van der Waals surface area contributed by atoms with Gasteiger partial charge in [-0.25, -0.2) is 9.97 Å². The van der Waals surface area contributed by atoms with E-state index < -0.39 is 0 Å². The predicted molar refractivity (Wildman–Crippen MR) is 287 cm³/mol. The number of fused-ring (bicyclic) bond motifs is 9. The minimum Gasteiger partial charge on any atom is -0.307 e. The van der Waals surface area contributed by atoms with E-state index in [1.54, 1.807) is 50.1 Å². The lowest BCUT2D eigenvalue weighted by Gasteiger charge is -2.23. The predicted octanol–water partition coefficient (Wildman–Crippen LogP) is 16.4. The van der Waals surface area contributed by atoms with Crippen LogP contribution in [0.15, 0.2) is 248 Å². The summed E-state index contributed by atoms with van der Waals surface area (Å²) in [4.78, 5) is 10.6. The summed E-state index contributed by atoms with van der Waals surface area (Å²) >= 11 is 0. The van der Waals surface area contributed by atoms with E-state index in [1.807, 2.05) is 97.1 Å². The van der Waals surface area contributed by atoms with Crippen LogP contribution >= 0.6 is 0 Å². The first kappa shape index (κ1) is 28.7. The Bertz CT molecular complexity index is 4680. The molecule has 5 heteroatoms. The Morgan fingerprint density at radius 3 is 1.09 bits per heavy atom. The summed E-state index contributed by atoms with van der Waals surface area (Å²) < 4.78 is 117. The van der Waals surface area contributed by atoms with Gasteiger partial charge < -0.3 is 13.7 Å². The molecule has 0 N–H and O–H groups in total. The lowest BCUT2D eigenvalue weighted by molar-refractivity contribution is 1.05. The van der Waals surface area contributed by atoms with Crippen LogP contribution in [0.2, 0.25) is 0 Å². The number of hydrogen-bond acceptors (Lipinski definition) is 2. The minimum absolute atomic E-state index is 0.0160. The van der Waals surface area contributed by atoms with Gasteiger partial charge in [-0.05, 0) is 71.6 Å². The maximum absolute atomic E-state index is 9.77. The van der Waals surface area contributed by atoms with Crippen molar-refractivity contribution in [3.63, 3.8) is 0 Å². The van der Waals surface area contributed by atoms with Crippen molar-refractivity contribution in [3.05, 3.63) is 248 Å². The molecule has 14 rings (SSSR count). The zero-order valence-corrected chi connectivity index (χ0v) is 36.5. The Morgan fingerprint density at radius 1 is 0.290 bits per heavy atom. The van der Waals surface area contributed by atoms with Gasteiger partial charge in [0.15, 0.2) is 5.82 Å². The van der Waals surface area contributed by atoms with E-state index in [4.69, 9.17) is 18.2 Å². The van der Waals surface area contributed by atoms with Crippen molar-refractivity contribution >= 4 is 65.4 Å². The molecule has 0 saturated heterocycles. The van der Waals surface area contributed by atoms with Gasteiger partial charge in [-0.15, -0.1) is 0 Å². The van der Waals surface area contributed by atoms with Crippen molar-refractivity contribution in [2.75, 3.05) is 0 Å². The lowest BCUT2D eigenvalue weighted by Crippen LogP contribution is -2.10. The van der Waals surface area contributed by atoms with E-state index in [1.165, 1.54) is 36.4 Å². The second-order valence-electron chi connectivity index (χ2n) is 16.8. The second-order valence-corrected chi connectivity index (χ2v) is 16.8. The first-order valence-electron chi connectivity index (χ1n) is 28.5. The molecule has 0 amide bonds. The summed E-state index contributed by atoms with van der Waals surface area (Å²) in [7, 11) is 0. The Labute approximate surface area is 414 Å². The summed E-state index contributed by atoms with van der Waals surface area (Å²) in [5.74, 6) is 0.382. The average molecular weight is 892 g/mol. The molecule has 0 atom stereocenters.